The van der Waals surface area contributed by atoms with Gasteiger partial charge >= 0.3 is 0 Å². The lowest BCUT2D eigenvalue weighted by Crippen LogP contribution is -2.26. The molecular formula is C58H37N3. The Bertz CT molecular complexity index is 3150. The molecule has 0 N–H and O–H groups in total. The van der Waals surface area contributed by atoms with Gasteiger partial charge in [0.05, 0.1) is 5.41 Å². The first-order chi connectivity index (χ1) is 30.3. The Balaban J connectivity index is 1.08. The number of fused-ring (bicyclic) bond motifs is 10. The van der Waals surface area contributed by atoms with Crippen molar-refractivity contribution in [3.8, 4) is 89.8 Å². The minimum Gasteiger partial charge on any atom is -0.208 e. The zero-order valence-electron chi connectivity index (χ0n) is 33.2. The third-order valence-electron chi connectivity index (χ3n) is 12.6. The first-order valence-corrected chi connectivity index (χ1v) is 20.9. The molecule has 2 aliphatic rings. The van der Waals surface area contributed by atoms with Crippen LogP contribution in [0.4, 0.5) is 0 Å². The molecule has 12 rings (SSSR count). The van der Waals surface area contributed by atoms with Crippen LogP contribution in [0.25, 0.3) is 89.8 Å². The highest BCUT2D eigenvalue weighted by molar-refractivity contribution is 5.99. The minimum absolute atomic E-state index is 0.471. The van der Waals surface area contributed by atoms with Crippen LogP contribution in [-0.2, 0) is 5.41 Å². The third-order valence-corrected chi connectivity index (χ3v) is 12.6. The zero-order valence-corrected chi connectivity index (χ0v) is 33.2. The lowest BCUT2D eigenvalue weighted by molar-refractivity contribution is 0.796. The summed E-state index contributed by atoms with van der Waals surface area (Å²) in [5.74, 6) is 1.87. The Morgan fingerprint density at radius 2 is 0.574 bits per heavy atom. The zero-order chi connectivity index (χ0) is 40.3. The molecule has 1 aromatic heterocycles. The van der Waals surface area contributed by atoms with Crippen molar-refractivity contribution in [3.05, 3.63) is 247 Å². The fourth-order valence-electron chi connectivity index (χ4n) is 10.1. The lowest BCUT2D eigenvalue weighted by Gasteiger charge is -2.32. The van der Waals surface area contributed by atoms with E-state index in [4.69, 9.17) is 15.0 Å². The summed E-state index contributed by atoms with van der Waals surface area (Å²) < 4.78 is 0. The summed E-state index contributed by atoms with van der Waals surface area (Å²) in [5, 5.41) is 0. The number of nitrogens with zero attached hydrogens (tertiary/aromatic N) is 3. The molecule has 0 fully saturated rings. The maximum absolute atomic E-state index is 5.34. The van der Waals surface area contributed by atoms with E-state index in [1.807, 2.05) is 12.1 Å². The topological polar surface area (TPSA) is 38.7 Å². The number of hydrogen-bond donors (Lipinski definition) is 0. The minimum atomic E-state index is -0.471. The van der Waals surface area contributed by atoms with E-state index in [1.165, 1.54) is 50.1 Å². The molecule has 0 unspecified atom stereocenters. The summed E-state index contributed by atoms with van der Waals surface area (Å²) in [7, 11) is 0. The summed E-state index contributed by atoms with van der Waals surface area (Å²) in [6.07, 6.45) is 0. The first kappa shape index (κ1) is 35.0. The van der Waals surface area contributed by atoms with Gasteiger partial charge in [-0.05, 0) is 84.0 Å². The van der Waals surface area contributed by atoms with E-state index in [9.17, 15) is 0 Å². The second kappa shape index (κ2) is 14.1. The second-order valence-electron chi connectivity index (χ2n) is 15.8. The van der Waals surface area contributed by atoms with Crippen LogP contribution in [0.5, 0.6) is 0 Å². The average Bonchev–Trinajstić information content (AvgIpc) is 3.82. The van der Waals surface area contributed by atoms with Crippen LogP contribution in [-0.4, -0.2) is 15.0 Å². The molecule has 0 aliphatic heterocycles. The molecule has 9 aromatic carbocycles. The number of aromatic nitrogens is 3. The highest BCUT2D eigenvalue weighted by Crippen LogP contribution is 2.64. The normalized spacial score (nSPS) is 12.7. The van der Waals surface area contributed by atoms with Crippen molar-refractivity contribution in [2.24, 2.45) is 0 Å². The van der Waals surface area contributed by atoms with Gasteiger partial charge in [0, 0.05) is 16.7 Å². The largest absolute Gasteiger partial charge is 0.208 e. The fraction of sp³-hybridized carbons (Fsp3) is 0.0172. The standard InChI is InChI=1S/C58H37N3/c1-3-19-38(20-4-1)42-25-7-9-30-49(42)56-59-55(60-57(61-56)50-31-10-8-26-43(50)39-21-5-2-6-22-39)41-24-17-23-40(37-41)44-32-18-33-48-47-29-13-16-36-53(47)58(54(44)48)51-34-14-11-27-45(51)46-28-12-15-35-52(46)58/h1-37H. The van der Waals surface area contributed by atoms with Crippen molar-refractivity contribution in [2.75, 3.05) is 0 Å². The number of benzene rings is 9. The highest BCUT2D eigenvalue weighted by atomic mass is 15.0. The Morgan fingerprint density at radius 1 is 0.230 bits per heavy atom. The smallest absolute Gasteiger partial charge is 0.164 e. The van der Waals surface area contributed by atoms with E-state index in [-0.39, 0.29) is 0 Å². The molecule has 284 valence electrons. The van der Waals surface area contributed by atoms with Gasteiger partial charge in [-0.25, -0.2) is 15.0 Å². The van der Waals surface area contributed by atoms with Crippen molar-refractivity contribution >= 4 is 0 Å². The molecule has 0 amide bonds. The van der Waals surface area contributed by atoms with E-state index in [0.29, 0.717) is 17.5 Å². The van der Waals surface area contributed by atoms with Crippen molar-refractivity contribution < 1.29 is 0 Å². The average molecular weight is 776 g/mol. The van der Waals surface area contributed by atoms with Gasteiger partial charge in [0.2, 0.25) is 0 Å². The van der Waals surface area contributed by atoms with Crippen LogP contribution < -0.4 is 0 Å². The Labute approximate surface area is 355 Å². The van der Waals surface area contributed by atoms with Gasteiger partial charge in [-0.3, -0.25) is 0 Å². The van der Waals surface area contributed by atoms with Gasteiger partial charge in [-0.2, -0.15) is 0 Å². The molecule has 10 aromatic rings. The quantitative estimate of drug-likeness (QED) is 0.169. The molecule has 0 saturated carbocycles. The van der Waals surface area contributed by atoms with Crippen molar-refractivity contribution in [1.29, 1.82) is 0 Å². The monoisotopic (exact) mass is 775 g/mol. The molecule has 61 heavy (non-hydrogen) atoms. The molecule has 2 aliphatic carbocycles. The maximum atomic E-state index is 5.34. The van der Waals surface area contributed by atoms with Crippen LogP contribution in [0.3, 0.4) is 0 Å². The Kier molecular flexibility index (Phi) is 8.07. The summed E-state index contributed by atoms with van der Waals surface area (Å²) in [5.41, 5.74) is 19.4. The number of hydrogen-bond acceptors (Lipinski definition) is 3. The van der Waals surface area contributed by atoms with E-state index in [1.54, 1.807) is 0 Å². The third kappa shape index (κ3) is 5.41. The van der Waals surface area contributed by atoms with Crippen LogP contribution in [0.1, 0.15) is 22.3 Å². The van der Waals surface area contributed by atoms with Crippen molar-refractivity contribution in [3.63, 3.8) is 0 Å². The summed E-state index contributed by atoms with van der Waals surface area (Å²) in [4.78, 5) is 16.0. The summed E-state index contributed by atoms with van der Waals surface area (Å²) >= 11 is 0. The molecule has 3 nitrogen and oxygen atoms in total. The van der Waals surface area contributed by atoms with Crippen LogP contribution >= 0.6 is 0 Å². The first-order valence-electron chi connectivity index (χ1n) is 20.9. The molecule has 3 heteroatoms. The predicted molar refractivity (Wildman–Crippen MR) is 249 cm³/mol. The van der Waals surface area contributed by atoms with Crippen molar-refractivity contribution in [1.82, 2.24) is 15.0 Å². The molecule has 0 atom stereocenters. The van der Waals surface area contributed by atoms with Crippen LogP contribution in [0, 0.1) is 0 Å². The van der Waals surface area contributed by atoms with E-state index in [0.717, 1.165) is 44.5 Å². The van der Waals surface area contributed by atoms with Gasteiger partial charge in [0.25, 0.3) is 0 Å². The second-order valence-corrected chi connectivity index (χ2v) is 15.8. The van der Waals surface area contributed by atoms with Crippen LogP contribution in [0.2, 0.25) is 0 Å². The van der Waals surface area contributed by atoms with Crippen molar-refractivity contribution in [2.45, 2.75) is 5.41 Å². The van der Waals surface area contributed by atoms with Gasteiger partial charge in [0.1, 0.15) is 0 Å². The number of rotatable bonds is 6. The van der Waals surface area contributed by atoms with E-state index >= 15 is 0 Å². The molecule has 0 saturated heterocycles. The maximum Gasteiger partial charge on any atom is 0.164 e. The molecule has 0 radical (unpaired) electrons. The molecule has 1 heterocycles. The van der Waals surface area contributed by atoms with E-state index in [2.05, 4.69) is 212 Å². The van der Waals surface area contributed by atoms with Gasteiger partial charge in [-0.15, -0.1) is 0 Å². The predicted octanol–water partition coefficient (Wildman–Crippen LogP) is 14.2. The fourth-order valence-corrected chi connectivity index (χ4v) is 10.1. The molecule has 0 bridgehead atoms. The van der Waals surface area contributed by atoms with Crippen LogP contribution in [0.15, 0.2) is 224 Å². The summed E-state index contributed by atoms with van der Waals surface area (Å²) in [6.45, 7) is 0. The van der Waals surface area contributed by atoms with Gasteiger partial charge in [0.15, 0.2) is 17.5 Å². The SMILES string of the molecule is c1ccc(-c2ccccc2-c2nc(-c3cccc(-c4cccc5c4C4(c6ccccc6-c6ccccc64)c4ccccc4-5)c3)nc(-c3ccccc3-c3ccccc3)n2)cc1. The lowest BCUT2D eigenvalue weighted by atomic mass is 9.68. The molecule has 1 spiro atoms. The van der Waals surface area contributed by atoms with Gasteiger partial charge in [-0.1, -0.05) is 218 Å². The summed E-state index contributed by atoms with van der Waals surface area (Å²) in [6, 6.07) is 80.3. The van der Waals surface area contributed by atoms with Gasteiger partial charge < -0.3 is 0 Å². The highest BCUT2D eigenvalue weighted by Gasteiger charge is 2.52. The Hall–Kier alpha value is -8.01. The van der Waals surface area contributed by atoms with E-state index < -0.39 is 5.41 Å². The molecular weight excluding hydrogens is 739 g/mol. The Morgan fingerprint density at radius 3 is 1.10 bits per heavy atom.